The van der Waals surface area contributed by atoms with E-state index in [2.05, 4.69) is 0 Å². The highest BCUT2D eigenvalue weighted by atomic mass is 19.1. The molecule has 90 valence electrons. The standard InChI is InChI=1S/C14H9FO3/c15-13-3-1-9(5-11(13)7-16)10-2-4-14(18)12(6-10)8-17/h1-8,18H. The second-order valence-electron chi connectivity index (χ2n) is 3.75. The summed E-state index contributed by atoms with van der Waals surface area (Å²) in [6.45, 7) is 0. The monoisotopic (exact) mass is 244 g/mol. The van der Waals surface area contributed by atoms with Gasteiger partial charge < -0.3 is 5.11 Å². The third kappa shape index (κ3) is 2.13. The maximum absolute atomic E-state index is 13.2. The van der Waals surface area contributed by atoms with Crippen molar-refractivity contribution in [3.05, 3.63) is 53.3 Å². The van der Waals surface area contributed by atoms with Crippen LogP contribution in [0.4, 0.5) is 4.39 Å². The van der Waals surface area contributed by atoms with Crippen LogP contribution in [-0.2, 0) is 0 Å². The van der Waals surface area contributed by atoms with Crippen LogP contribution in [0.15, 0.2) is 36.4 Å². The fourth-order valence-corrected chi connectivity index (χ4v) is 1.64. The molecule has 0 aliphatic rings. The number of phenolic OH excluding ortho intramolecular Hbond substituents is 1. The fraction of sp³-hybridized carbons (Fsp3) is 0. The fourth-order valence-electron chi connectivity index (χ4n) is 1.64. The van der Waals surface area contributed by atoms with E-state index in [1.165, 1.54) is 30.3 Å². The van der Waals surface area contributed by atoms with E-state index < -0.39 is 5.82 Å². The van der Waals surface area contributed by atoms with Gasteiger partial charge in [-0.25, -0.2) is 4.39 Å². The summed E-state index contributed by atoms with van der Waals surface area (Å²) in [6, 6.07) is 8.52. The van der Waals surface area contributed by atoms with E-state index >= 15 is 0 Å². The molecule has 0 amide bonds. The van der Waals surface area contributed by atoms with E-state index in [4.69, 9.17) is 0 Å². The molecule has 3 nitrogen and oxygen atoms in total. The van der Waals surface area contributed by atoms with Gasteiger partial charge in [-0.05, 0) is 35.4 Å². The van der Waals surface area contributed by atoms with E-state index in [1.54, 1.807) is 6.07 Å². The Morgan fingerprint density at radius 2 is 1.44 bits per heavy atom. The Balaban J connectivity index is 2.54. The average molecular weight is 244 g/mol. The van der Waals surface area contributed by atoms with Crippen molar-refractivity contribution >= 4 is 12.6 Å². The van der Waals surface area contributed by atoms with Gasteiger partial charge in [0.1, 0.15) is 11.6 Å². The van der Waals surface area contributed by atoms with Crippen LogP contribution >= 0.6 is 0 Å². The van der Waals surface area contributed by atoms with Crippen molar-refractivity contribution in [2.24, 2.45) is 0 Å². The maximum atomic E-state index is 13.2. The van der Waals surface area contributed by atoms with Gasteiger partial charge >= 0.3 is 0 Å². The first kappa shape index (κ1) is 12.0. The molecule has 2 aromatic carbocycles. The van der Waals surface area contributed by atoms with Crippen LogP contribution in [0.3, 0.4) is 0 Å². The number of hydrogen-bond donors (Lipinski definition) is 1. The second-order valence-corrected chi connectivity index (χ2v) is 3.75. The maximum Gasteiger partial charge on any atom is 0.153 e. The van der Waals surface area contributed by atoms with Crippen molar-refractivity contribution in [1.82, 2.24) is 0 Å². The second kappa shape index (κ2) is 4.79. The number of phenols is 1. The van der Waals surface area contributed by atoms with Crippen molar-refractivity contribution in [3.8, 4) is 16.9 Å². The number of aldehydes is 2. The van der Waals surface area contributed by atoms with Crippen molar-refractivity contribution in [3.63, 3.8) is 0 Å². The van der Waals surface area contributed by atoms with Crippen LogP contribution in [0.25, 0.3) is 11.1 Å². The van der Waals surface area contributed by atoms with Gasteiger partial charge in [0.05, 0.1) is 11.1 Å². The molecule has 2 rings (SSSR count). The van der Waals surface area contributed by atoms with Gasteiger partial charge in [0.15, 0.2) is 12.6 Å². The van der Waals surface area contributed by atoms with Crippen molar-refractivity contribution < 1.29 is 19.1 Å². The summed E-state index contributed by atoms with van der Waals surface area (Å²) in [5.41, 5.74) is 1.32. The number of rotatable bonds is 3. The highest BCUT2D eigenvalue weighted by molar-refractivity contribution is 5.84. The zero-order valence-corrected chi connectivity index (χ0v) is 9.26. The molecule has 0 atom stereocenters. The molecular formula is C14H9FO3. The molecule has 0 aromatic heterocycles. The SMILES string of the molecule is O=Cc1cc(-c2ccc(F)c(C=O)c2)ccc1O. The molecule has 0 radical (unpaired) electrons. The lowest BCUT2D eigenvalue weighted by molar-refractivity contribution is 0.111. The first-order valence-electron chi connectivity index (χ1n) is 5.19. The van der Waals surface area contributed by atoms with Crippen molar-refractivity contribution in [2.45, 2.75) is 0 Å². The minimum absolute atomic E-state index is 0.0479. The Morgan fingerprint density at radius 3 is 2.06 bits per heavy atom. The highest BCUT2D eigenvalue weighted by Gasteiger charge is 2.07. The third-order valence-electron chi connectivity index (χ3n) is 2.61. The van der Waals surface area contributed by atoms with E-state index in [-0.39, 0.29) is 16.9 Å². The molecule has 0 aliphatic heterocycles. The van der Waals surface area contributed by atoms with Crippen LogP contribution < -0.4 is 0 Å². The van der Waals surface area contributed by atoms with Crippen LogP contribution in [0.1, 0.15) is 20.7 Å². The van der Waals surface area contributed by atoms with Gasteiger partial charge in [-0.15, -0.1) is 0 Å². The minimum Gasteiger partial charge on any atom is -0.507 e. The summed E-state index contributed by atoms with van der Waals surface area (Å²) < 4.78 is 13.2. The molecule has 0 fully saturated rings. The third-order valence-corrected chi connectivity index (χ3v) is 2.61. The molecular weight excluding hydrogens is 235 g/mol. The van der Waals surface area contributed by atoms with Gasteiger partial charge in [0, 0.05) is 0 Å². The zero-order chi connectivity index (χ0) is 13.1. The van der Waals surface area contributed by atoms with Crippen molar-refractivity contribution in [1.29, 1.82) is 0 Å². The smallest absolute Gasteiger partial charge is 0.153 e. The Labute approximate surface area is 103 Å². The number of halogens is 1. The first-order valence-corrected chi connectivity index (χ1v) is 5.19. The summed E-state index contributed by atoms with van der Waals surface area (Å²) in [5.74, 6) is -0.713. The van der Waals surface area contributed by atoms with Crippen LogP contribution in [0, 0.1) is 5.82 Å². The Hall–Kier alpha value is -2.49. The van der Waals surface area contributed by atoms with Crippen LogP contribution in [0.5, 0.6) is 5.75 Å². The van der Waals surface area contributed by atoms with E-state index in [0.717, 1.165) is 0 Å². The molecule has 4 heteroatoms. The lowest BCUT2D eigenvalue weighted by Gasteiger charge is -2.05. The predicted octanol–water partition coefficient (Wildman–Crippen LogP) is 2.82. The topological polar surface area (TPSA) is 54.4 Å². The quantitative estimate of drug-likeness (QED) is 0.844. The van der Waals surface area contributed by atoms with Gasteiger partial charge in [0.25, 0.3) is 0 Å². The van der Waals surface area contributed by atoms with Gasteiger partial charge in [-0.1, -0.05) is 12.1 Å². The number of aromatic hydroxyl groups is 1. The molecule has 0 heterocycles. The summed E-state index contributed by atoms with van der Waals surface area (Å²) in [6.07, 6.45) is 0.961. The van der Waals surface area contributed by atoms with Crippen LogP contribution in [0.2, 0.25) is 0 Å². The number of hydrogen-bond acceptors (Lipinski definition) is 3. The molecule has 0 bridgehead atoms. The summed E-state index contributed by atoms with van der Waals surface area (Å²) in [4.78, 5) is 21.4. The predicted molar refractivity (Wildman–Crippen MR) is 64.3 cm³/mol. The van der Waals surface area contributed by atoms with Gasteiger partial charge in [0.2, 0.25) is 0 Å². The number of carbonyl (C=O) groups excluding carboxylic acids is 2. The van der Waals surface area contributed by atoms with Crippen LogP contribution in [-0.4, -0.2) is 17.7 Å². The first-order chi connectivity index (χ1) is 8.65. The minimum atomic E-state index is -0.594. The molecule has 2 aromatic rings. The largest absolute Gasteiger partial charge is 0.507 e. The Morgan fingerprint density at radius 1 is 0.889 bits per heavy atom. The molecule has 1 N–H and O–H groups in total. The van der Waals surface area contributed by atoms with E-state index in [0.29, 0.717) is 23.7 Å². The van der Waals surface area contributed by atoms with E-state index in [1.807, 2.05) is 0 Å². The number of carbonyl (C=O) groups is 2. The Bertz CT molecular complexity index is 565. The summed E-state index contributed by atoms with van der Waals surface area (Å²) in [7, 11) is 0. The molecule has 0 saturated heterocycles. The zero-order valence-electron chi connectivity index (χ0n) is 9.26. The molecule has 0 unspecified atom stereocenters. The summed E-state index contributed by atoms with van der Waals surface area (Å²) >= 11 is 0. The molecule has 0 aliphatic carbocycles. The van der Waals surface area contributed by atoms with Crippen molar-refractivity contribution in [2.75, 3.05) is 0 Å². The van der Waals surface area contributed by atoms with E-state index in [9.17, 15) is 19.1 Å². The molecule has 18 heavy (non-hydrogen) atoms. The van der Waals surface area contributed by atoms with Gasteiger partial charge in [-0.2, -0.15) is 0 Å². The average Bonchev–Trinajstić information content (AvgIpc) is 2.40. The Kier molecular flexibility index (Phi) is 3.19. The highest BCUT2D eigenvalue weighted by Crippen LogP contribution is 2.26. The lowest BCUT2D eigenvalue weighted by Crippen LogP contribution is -1.90. The number of benzene rings is 2. The lowest BCUT2D eigenvalue weighted by atomic mass is 10.0. The molecule has 0 saturated carbocycles. The van der Waals surface area contributed by atoms with Gasteiger partial charge in [-0.3, -0.25) is 9.59 Å². The molecule has 0 spiro atoms. The summed E-state index contributed by atoms with van der Waals surface area (Å²) in [5, 5.41) is 9.38. The normalized spacial score (nSPS) is 10.1.